The molecule has 0 radical (unpaired) electrons. The molecule has 2 N–H and O–H groups in total. The minimum Gasteiger partial charge on any atom is -0.508 e. The van der Waals surface area contributed by atoms with Crippen LogP contribution in [-0.2, 0) is 0 Å². The van der Waals surface area contributed by atoms with Gasteiger partial charge in [-0.15, -0.1) is 0 Å². The van der Waals surface area contributed by atoms with Gasteiger partial charge in [0.15, 0.2) is 11.6 Å². The van der Waals surface area contributed by atoms with Crippen molar-refractivity contribution in [1.29, 1.82) is 0 Å². The van der Waals surface area contributed by atoms with Gasteiger partial charge < -0.3 is 14.9 Å². The lowest BCUT2D eigenvalue weighted by Gasteiger charge is -2.22. The predicted octanol–water partition coefficient (Wildman–Crippen LogP) is 3.66. The number of aliphatic hydroxyl groups excluding tert-OH is 1. The molecule has 5 heteroatoms. The third kappa shape index (κ3) is 4.09. The average Bonchev–Trinajstić information content (AvgIpc) is 3.15. The van der Waals surface area contributed by atoms with Crippen molar-refractivity contribution >= 4 is 0 Å². The van der Waals surface area contributed by atoms with Crippen molar-refractivity contribution in [2.24, 2.45) is 11.8 Å². The molecular weight excluding hydrogens is 345 g/mol. The van der Waals surface area contributed by atoms with Crippen LogP contribution in [-0.4, -0.2) is 40.9 Å². The maximum atomic E-state index is 14.0. The highest BCUT2D eigenvalue weighted by Gasteiger charge is 2.42. The first-order valence-electron chi connectivity index (χ1n) is 9.60. The SMILES string of the molecule is Cc1ccc(O[C@H]2C[C@@H]3CN(CC(O)c4ccc(O)cc4)C[C@@H]3C2)c(F)c1. The van der Waals surface area contributed by atoms with Gasteiger partial charge in [0.05, 0.1) is 12.2 Å². The minimum atomic E-state index is -0.557. The quantitative estimate of drug-likeness (QED) is 0.842. The van der Waals surface area contributed by atoms with Gasteiger partial charge in [0, 0.05) is 19.6 Å². The zero-order chi connectivity index (χ0) is 19.0. The maximum Gasteiger partial charge on any atom is 0.165 e. The van der Waals surface area contributed by atoms with Crippen LogP contribution in [0.2, 0.25) is 0 Å². The van der Waals surface area contributed by atoms with Crippen LogP contribution in [0.3, 0.4) is 0 Å². The van der Waals surface area contributed by atoms with Gasteiger partial charge in [0.2, 0.25) is 0 Å². The van der Waals surface area contributed by atoms with Crippen LogP contribution in [0.25, 0.3) is 0 Å². The van der Waals surface area contributed by atoms with E-state index in [0.717, 1.165) is 37.1 Å². The van der Waals surface area contributed by atoms with E-state index >= 15 is 0 Å². The van der Waals surface area contributed by atoms with E-state index in [1.165, 1.54) is 6.07 Å². The van der Waals surface area contributed by atoms with Crippen molar-refractivity contribution in [3.63, 3.8) is 0 Å². The fourth-order valence-corrected chi connectivity index (χ4v) is 4.51. The molecule has 2 aromatic carbocycles. The number of aliphatic hydroxyl groups is 1. The number of nitrogens with zero attached hydrogens (tertiary/aromatic N) is 1. The van der Waals surface area contributed by atoms with Gasteiger partial charge in [-0.05, 0) is 67.0 Å². The summed E-state index contributed by atoms with van der Waals surface area (Å²) < 4.78 is 19.9. The maximum absolute atomic E-state index is 14.0. The van der Waals surface area contributed by atoms with E-state index in [2.05, 4.69) is 4.90 Å². The number of hydrogen-bond donors (Lipinski definition) is 2. The van der Waals surface area contributed by atoms with Crippen LogP contribution in [0.4, 0.5) is 4.39 Å². The standard InChI is InChI=1S/C22H26FNO3/c1-14-2-7-22(20(23)8-14)27-19-9-16-11-24(12-17(16)10-19)13-21(26)15-3-5-18(25)6-4-15/h2-8,16-17,19,21,25-26H,9-13H2,1H3/t16-,17+,19+,21?. The molecule has 1 aliphatic carbocycles. The van der Waals surface area contributed by atoms with Crippen molar-refractivity contribution in [1.82, 2.24) is 4.90 Å². The summed E-state index contributed by atoms with van der Waals surface area (Å²) in [6.07, 6.45) is 1.38. The monoisotopic (exact) mass is 371 g/mol. The van der Waals surface area contributed by atoms with Gasteiger partial charge in [0.1, 0.15) is 5.75 Å². The number of fused-ring (bicyclic) bond motifs is 1. The number of aryl methyl sites for hydroxylation is 1. The number of halogens is 1. The molecule has 4 atom stereocenters. The van der Waals surface area contributed by atoms with Gasteiger partial charge in [-0.1, -0.05) is 18.2 Å². The largest absolute Gasteiger partial charge is 0.508 e. The Labute approximate surface area is 159 Å². The third-order valence-corrected chi connectivity index (χ3v) is 5.87. The molecule has 1 saturated carbocycles. The first kappa shape index (κ1) is 18.3. The van der Waals surface area contributed by atoms with Crippen molar-refractivity contribution in [2.75, 3.05) is 19.6 Å². The number of aromatic hydroxyl groups is 1. The van der Waals surface area contributed by atoms with Crippen molar-refractivity contribution in [2.45, 2.75) is 32.0 Å². The number of β-amino-alcohol motifs (C(OH)–C–C–N with tert-alkyl or cyclic N) is 1. The summed E-state index contributed by atoms with van der Waals surface area (Å²) in [5.74, 6) is 1.35. The summed E-state index contributed by atoms with van der Waals surface area (Å²) in [6, 6.07) is 11.8. The van der Waals surface area contributed by atoms with E-state index in [9.17, 15) is 14.6 Å². The number of likely N-dealkylation sites (tertiary alicyclic amines) is 1. The lowest BCUT2D eigenvalue weighted by molar-refractivity contribution is 0.115. The Morgan fingerprint density at radius 2 is 1.78 bits per heavy atom. The fraction of sp³-hybridized carbons (Fsp3) is 0.455. The second-order valence-corrected chi connectivity index (χ2v) is 7.99. The van der Waals surface area contributed by atoms with E-state index in [-0.39, 0.29) is 17.7 Å². The summed E-state index contributed by atoms with van der Waals surface area (Å²) in [5, 5.41) is 19.8. The van der Waals surface area contributed by atoms with Crippen LogP contribution >= 0.6 is 0 Å². The van der Waals surface area contributed by atoms with Crippen LogP contribution < -0.4 is 4.74 Å². The highest BCUT2D eigenvalue weighted by atomic mass is 19.1. The summed E-state index contributed by atoms with van der Waals surface area (Å²) in [4.78, 5) is 2.30. The van der Waals surface area contributed by atoms with Crippen LogP contribution in [0, 0.1) is 24.6 Å². The van der Waals surface area contributed by atoms with E-state index in [0.29, 0.717) is 24.1 Å². The second kappa shape index (κ2) is 7.49. The van der Waals surface area contributed by atoms with Gasteiger partial charge in [-0.2, -0.15) is 0 Å². The average molecular weight is 371 g/mol. The Kier molecular flexibility index (Phi) is 5.06. The van der Waals surface area contributed by atoms with Crippen LogP contribution in [0.5, 0.6) is 11.5 Å². The number of ether oxygens (including phenoxy) is 1. The molecule has 0 spiro atoms. The molecule has 4 nitrogen and oxygen atoms in total. The van der Waals surface area contributed by atoms with Crippen molar-refractivity contribution < 1.29 is 19.3 Å². The molecule has 2 aliphatic rings. The fourth-order valence-electron chi connectivity index (χ4n) is 4.51. The lowest BCUT2D eigenvalue weighted by Crippen LogP contribution is -2.29. The zero-order valence-electron chi connectivity index (χ0n) is 15.5. The third-order valence-electron chi connectivity index (χ3n) is 5.87. The molecule has 144 valence electrons. The van der Waals surface area contributed by atoms with Gasteiger partial charge in [-0.3, -0.25) is 4.90 Å². The first-order valence-corrected chi connectivity index (χ1v) is 9.60. The molecule has 1 unspecified atom stereocenters. The normalized spacial score (nSPS) is 26.1. The molecule has 1 aliphatic heterocycles. The molecule has 0 bridgehead atoms. The Hall–Kier alpha value is -2.11. The Bertz CT molecular complexity index is 781. The van der Waals surface area contributed by atoms with Crippen molar-refractivity contribution in [3.8, 4) is 11.5 Å². The number of benzene rings is 2. The van der Waals surface area contributed by atoms with E-state index < -0.39 is 6.10 Å². The Balaban J connectivity index is 1.29. The summed E-state index contributed by atoms with van der Waals surface area (Å²) in [5.41, 5.74) is 1.71. The highest BCUT2D eigenvalue weighted by Crippen LogP contribution is 2.40. The summed E-state index contributed by atoms with van der Waals surface area (Å²) in [6.45, 7) is 4.34. The van der Waals surface area contributed by atoms with Gasteiger partial charge in [-0.25, -0.2) is 4.39 Å². The van der Waals surface area contributed by atoms with E-state index in [4.69, 9.17) is 4.74 Å². The molecular formula is C22H26FNO3. The minimum absolute atomic E-state index is 0.0707. The Morgan fingerprint density at radius 1 is 1.11 bits per heavy atom. The molecule has 1 saturated heterocycles. The lowest BCUT2D eigenvalue weighted by atomic mass is 10.0. The first-order chi connectivity index (χ1) is 13.0. The number of rotatable bonds is 5. The summed E-state index contributed by atoms with van der Waals surface area (Å²) >= 11 is 0. The number of phenols is 1. The molecule has 2 fully saturated rings. The van der Waals surface area contributed by atoms with E-state index in [1.54, 1.807) is 30.3 Å². The highest BCUT2D eigenvalue weighted by molar-refractivity contribution is 5.29. The smallest absolute Gasteiger partial charge is 0.165 e. The van der Waals surface area contributed by atoms with Gasteiger partial charge in [0.25, 0.3) is 0 Å². The van der Waals surface area contributed by atoms with Crippen LogP contribution in [0.1, 0.15) is 30.1 Å². The molecule has 0 amide bonds. The number of hydrogen-bond acceptors (Lipinski definition) is 4. The second-order valence-electron chi connectivity index (χ2n) is 7.99. The summed E-state index contributed by atoms with van der Waals surface area (Å²) in [7, 11) is 0. The predicted molar refractivity (Wildman–Crippen MR) is 101 cm³/mol. The molecule has 1 heterocycles. The molecule has 2 aromatic rings. The van der Waals surface area contributed by atoms with Gasteiger partial charge >= 0.3 is 0 Å². The molecule has 0 aromatic heterocycles. The van der Waals surface area contributed by atoms with Crippen molar-refractivity contribution in [3.05, 3.63) is 59.4 Å². The van der Waals surface area contributed by atoms with Crippen LogP contribution in [0.15, 0.2) is 42.5 Å². The Morgan fingerprint density at radius 3 is 2.41 bits per heavy atom. The zero-order valence-corrected chi connectivity index (χ0v) is 15.5. The number of phenolic OH excluding ortho intramolecular Hbond substituents is 1. The molecule has 4 rings (SSSR count). The van der Waals surface area contributed by atoms with E-state index in [1.807, 2.05) is 13.0 Å². The topological polar surface area (TPSA) is 52.9 Å². The molecule has 27 heavy (non-hydrogen) atoms.